The van der Waals surface area contributed by atoms with Gasteiger partial charge in [-0.05, 0) is 49.8 Å². The number of benzene rings is 2. The molecule has 2 aromatic carbocycles. The van der Waals surface area contributed by atoms with Gasteiger partial charge in [0.2, 0.25) is 5.91 Å². The van der Waals surface area contributed by atoms with Gasteiger partial charge in [-0.2, -0.15) is 0 Å². The lowest BCUT2D eigenvalue weighted by Gasteiger charge is -2.14. The van der Waals surface area contributed by atoms with E-state index < -0.39 is 0 Å². The van der Waals surface area contributed by atoms with Gasteiger partial charge in [0, 0.05) is 12.1 Å². The number of hydrogen-bond acceptors (Lipinski definition) is 3. The molecular formula is C20H21N3O2S. The average molecular weight is 367 g/mol. The number of nitrogens with one attached hydrogen (secondary N) is 3. The van der Waals surface area contributed by atoms with Crippen LogP contribution < -0.4 is 16.0 Å². The number of carbonyl (C=O) groups excluding carboxylic acids is 2. The van der Waals surface area contributed by atoms with Crippen LogP contribution in [0.3, 0.4) is 0 Å². The second-order valence-electron chi connectivity index (χ2n) is 5.86. The van der Waals surface area contributed by atoms with Crippen LogP contribution in [0, 0.1) is 0 Å². The van der Waals surface area contributed by atoms with Crippen molar-refractivity contribution in [3.63, 3.8) is 0 Å². The second kappa shape index (κ2) is 9.48. The normalized spacial score (nSPS) is 10.6. The lowest BCUT2D eigenvalue weighted by molar-refractivity contribution is -0.115. The predicted octanol–water partition coefficient (Wildman–Crippen LogP) is 3.35. The van der Waals surface area contributed by atoms with E-state index in [-0.39, 0.29) is 23.0 Å². The van der Waals surface area contributed by atoms with Crippen molar-refractivity contribution >= 4 is 40.9 Å². The van der Waals surface area contributed by atoms with E-state index in [0.29, 0.717) is 11.3 Å². The summed E-state index contributed by atoms with van der Waals surface area (Å²) >= 11 is 5.17. The zero-order chi connectivity index (χ0) is 18.9. The summed E-state index contributed by atoms with van der Waals surface area (Å²) in [6.07, 6.45) is 3.10. The Hall–Kier alpha value is -2.99. The lowest BCUT2D eigenvalue weighted by atomic mass is 10.1. The van der Waals surface area contributed by atoms with E-state index in [1.807, 2.05) is 44.2 Å². The molecule has 2 aromatic rings. The highest BCUT2D eigenvalue weighted by Crippen LogP contribution is 2.15. The number of para-hydroxylation sites is 1. The average Bonchev–Trinajstić information content (AvgIpc) is 2.60. The highest BCUT2D eigenvalue weighted by atomic mass is 32.1. The summed E-state index contributed by atoms with van der Waals surface area (Å²) in [4.78, 5) is 24.2. The molecule has 2 amide bonds. The van der Waals surface area contributed by atoms with Gasteiger partial charge in [0.1, 0.15) is 0 Å². The Morgan fingerprint density at radius 3 is 2.35 bits per heavy atom. The Morgan fingerprint density at radius 1 is 1.00 bits per heavy atom. The molecule has 5 nitrogen and oxygen atoms in total. The summed E-state index contributed by atoms with van der Waals surface area (Å²) in [7, 11) is 0. The first kappa shape index (κ1) is 19.3. The minimum Gasteiger partial charge on any atom is -0.350 e. The summed E-state index contributed by atoms with van der Waals surface area (Å²) in [5, 5.41) is 8.42. The van der Waals surface area contributed by atoms with E-state index in [4.69, 9.17) is 12.2 Å². The fourth-order valence-electron chi connectivity index (χ4n) is 2.17. The van der Waals surface area contributed by atoms with Crippen LogP contribution in [-0.2, 0) is 4.79 Å². The maximum Gasteiger partial charge on any atom is 0.253 e. The molecule has 0 saturated carbocycles. The Balaban J connectivity index is 1.98. The molecular weight excluding hydrogens is 346 g/mol. The van der Waals surface area contributed by atoms with Crippen LogP contribution in [0.15, 0.2) is 60.7 Å². The number of hydrogen-bond donors (Lipinski definition) is 3. The molecule has 0 heterocycles. The van der Waals surface area contributed by atoms with Gasteiger partial charge in [0.15, 0.2) is 5.11 Å². The van der Waals surface area contributed by atoms with Crippen molar-refractivity contribution in [1.29, 1.82) is 0 Å². The monoisotopic (exact) mass is 367 g/mol. The minimum absolute atomic E-state index is 0.0188. The number of amides is 2. The first-order valence-electron chi connectivity index (χ1n) is 8.20. The highest BCUT2D eigenvalue weighted by molar-refractivity contribution is 7.80. The van der Waals surface area contributed by atoms with Crippen LogP contribution >= 0.6 is 12.2 Å². The lowest BCUT2D eigenvalue weighted by Crippen LogP contribution is -2.34. The summed E-state index contributed by atoms with van der Waals surface area (Å²) in [6, 6.07) is 16.5. The van der Waals surface area contributed by atoms with Gasteiger partial charge in [-0.25, -0.2) is 0 Å². The zero-order valence-corrected chi connectivity index (χ0v) is 15.5. The van der Waals surface area contributed by atoms with E-state index in [1.165, 1.54) is 6.08 Å². The van der Waals surface area contributed by atoms with Gasteiger partial charge < -0.3 is 10.6 Å². The molecule has 0 spiro atoms. The van der Waals surface area contributed by atoms with Crippen LogP contribution in [0.5, 0.6) is 0 Å². The van der Waals surface area contributed by atoms with Gasteiger partial charge >= 0.3 is 0 Å². The van der Waals surface area contributed by atoms with Crippen molar-refractivity contribution in [2.24, 2.45) is 0 Å². The molecule has 0 atom stereocenters. The van der Waals surface area contributed by atoms with Gasteiger partial charge in [-0.3, -0.25) is 14.9 Å². The smallest absolute Gasteiger partial charge is 0.253 e. The third kappa shape index (κ3) is 6.14. The maximum absolute atomic E-state index is 12.2. The largest absolute Gasteiger partial charge is 0.350 e. The molecule has 0 aliphatic carbocycles. The Labute approximate surface area is 158 Å². The third-order valence-electron chi connectivity index (χ3n) is 3.30. The first-order chi connectivity index (χ1) is 12.5. The standard InChI is InChI=1S/C20H21N3O2S/c1-14(2)21-19(25)16-10-6-7-11-17(16)22-20(26)23-18(24)13-12-15-8-4-3-5-9-15/h3-14H,1-2H3,(H,21,25)(H2,22,23,24,26). The summed E-state index contributed by atoms with van der Waals surface area (Å²) in [5.74, 6) is -0.559. The van der Waals surface area contributed by atoms with Gasteiger partial charge in [-0.1, -0.05) is 42.5 Å². The van der Waals surface area contributed by atoms with E-state index in [9.17, 15) is 9.59 Å². The molecule has 0 aliphatic rings. The molecule has 0 unspecified atom stereocenters. The molecule has 0 saturated heterocycles. The molecule has 2 rings (SSSR count). The van der Waals surface area contributed by atoms with E-state index in [1.54, 1.807) is 30.3 Å². The minimum atomic E-state index is -0.351. The predicted molar refractivity (Wildman–Crippen MR) is 109 cm³/mol. The van der Waals surface area contributed by atoms with Crippen molar-refractivity contribution in [3.8, 4) is 0 Å². The first-order valence-corrected chi connectivity index (χ1v) is 8.61. The van der Waals surface area contributed by atoms with Crippen molar-refractivity contribution in [1.82, 2.24) is 10.6 Å². The fourth-order valence-corrected chi connectivity index (χ4v) is 2.38. The number of rotatable bonds is 5. The van der Waals surface area contributed by atoms with Crippen molar-refractivity contribution in [2.45, 2.75) is 19.9 Å². The van der Waals surface area contributed by atoms with Gasteiger partial charge in [-0.15, -0.1) is 0 Å². The van der Waals surface area contributed by atoms with Crippen LogP contribution in [0.4, 0.5) is 5.69 Å². The molecule has 0 aromatic heterocycles. The van der Waals surface area contributed by atoms with E-state index >= 15 is 0 Å². The Kier molecular flexibility index (Phi) is 7.05. The molecule has 134 valence electrons. The maximum atomic E-state index is 12.2. The van der Waals surface area contributed by atoms with E-state index in [2.05, 4.69) is 16.0 Å². The van der Waals surface area contributed by atoms with Gasteiger partial charge in [0.25, 0.3) is 5.91 Å². The molecule has 0 fully saturated rings. The summed E-state index contributed by atoms with van der Waals surface area (Å²) in [5.41, 5.74) is 1.90. The summed E-state index contributed by atoms with van der Waals surface area (Å²) in [6.45, 7) is 3.77. The quantitative estimate of drug-likeness (QED) is 0.560. The van der Waals surface area contributed by atoms with Crippen molar-refractivity contribution < 1.29 is 9.59 Å². The molecule has 0 bridgehead atoms. The molecule has 3 N–H and O–H groups in total. The van der Waals surface area contributed by atoms with Crippen molar-refractivity contribution in [2.75, 3.05) is 5.32 Å². The van der Waals surface area contributed by atoms with Crippen molar-refractivity contribution in [3.05, 3.63) is 71.8 Å². The fraction of sp³-hybridized carbons (Fsp3) is 0.150. The number of thiocarbonyl (C=S) groups is 1. The van der Waals surface area contributed by atoms with Crippen LogP contribution in [0.2, 0.25) is 0 Å². The zero-order valence-electron chi connectivity index (χ0n) is 14.7. The molecule has 6 heteroatoms. The topological polar surface area (TPSA) is 70.2 Å². The number of carbonyl (C=O) groups is 2. The Morgan fingerprint density at radius 2 is 1.65 bits per heavy atom. The highest BCUT2D eigenvalue weighted by Gasteiger charge is 2.13. The summed E-state index contributed by atoms with van der Waals surface area (Å²) < 4.78 is 0. The van der Waals surface area contributed by atoms with Crippen LogP contribution in [-0.4, -0.2) is 23.0 Å². The molecule has 0 radical (unpaired) electrons. The van der Waals surface area contributed by atoms with Gasteiger partial charge in [0.05, 0.1) is 11.3 Å². The molecule has 0 aliphatic heterocycles. The number of anilines is 1. The third-order valence-corrected chi connectivity index (χ3v) is 3.51. The molecule has 26 heavy (non-hydrogen) atoms. The van der Waals surface area contributed by atoms with Crippen LogP contribution in [0.25, 0.3) is 6.08 Å². The van der Waals surface area contributed by atoms with Crippen LogP contribution in [0.1, 0.15) is 29.8 Å². The Bertz CT molecular complexity index is 817. The second-order valence-corrected chi connectivity index (χ2v) is 6.27. The SMILES string of the molecule is CC(C)NC(=O)c1ccccc1NC(=S)NC(=O)C=Cc1ccccc1. The van der Waals surface area contributed by atoms with E-state index in [0.717, 1.165) is 5.56 Å².